The van der Waals surface area contributed by atoms with Crippen LogP contribution >= 0.6 is 11.8 Å². The van der Waals surface area contributed by atoms with Gasteiger partial charge in [0.05, 0.1) is 5.75 Å². The van der Waals surface area contributed by atoms with Gasteiger partial charge in [-0.1, -0.05) is 20.8 Å². The molecular formula is C15H24N4OS. The Morgan fingerprint density at radius 1 is 1.52 bits per heavy atom. The number of rotatable bonds is 5. The van der Waals surface area contributed by atoms with Gasteiger partial charge < -0.3 is 10.2 Å². The molecule has 0 saturated carbocycles. The highest BCUT2D eigenvalue weighted by atomic mass is 32.2. The molecule has 1 aliphatic rings. The maximum atomic E-state index is 11.9. The summed E-state index contributed by atoms with van der Waals surface area (Å²) in [6, 6.07) is 4.20. The number of hydrogen-bond acceptors (Lipinski definition) is 5. The van der Waals surface area contributed by atoms with Gasteiger partial charge in [0.25, 0.3) is 0 Å². The highest BCUT2D eigenvalue weighted by molar-refractivity contribution is 8.01. The second-order valence-electron chi connectivity index (χ2n) is 6.28. The average Bonchev–Trinajstić information content (AvgIpc) is 2.91. The highest BCUT2D eigenvalue weighted by Gasteiger charge is 2.26. The SMILES string of the molecule is CC(C)(C)SCC(=O)NC[C@@H]1CCCN1c1cccnn1. The molecular weight excluding hydrogens is 284 g/mol. The molecule has 1 aliphatic heterocycles. The van der Waals surface area contributed by atoms with Crippen LogP contribution in [0, 0.1) is 0 Å². The van der Waals surface area contributed by atoms with Crippen LogP contribution in [-0.4, -0.2) is 45.7 Å². The van der Waals surface area contributed by atoms with Crippen LogP contribution < -0.4 is 10.2 Å². The van der Waals surface area contributed by atoms with E-state index in [0.717, 1.165) is 25.2 Å². The van der Waals surface area contributed by atoms with Crippen molar-refractivity contribution < 1.29 is 4.79 Å². The molecule has 1 saturated heterocycles. The molecule has 5 nitrogen and oxygen atoms in total. The molecule has 0 aromatic carbocycles. The molecule has 0 aliphatic carbocycles. The third-order valence-corrected chi connectivity index (χ3v) is 4.67. The summed E-state index contributed by atoms with van der Waals surface area (Å²) in [7, 11) is 0. The van der Waals surface area contributed by atoms with E-state index >= 15 is 0 Å². The van der Waals surface area contributed by atoms with Crippen LogP contribution in [0.5, 0.6) is 0 Å². The molecule has 6 heteroatoms. The van der Waals surface area contributed by atoms with Crippen LogP contribution in [0.15, 0.2) is 18.3 Å². The fourth-order valence-electron chi connectivity index (χ4n) is 2.36. The van der Waals surface area contributed by atoms with E-state index in [1.165, 1.54) is 0 Å². The minimum absolute atomic E-state index is 0.112. The number of aromatic nitrogens is 2. The van der Waals surface area contributed by atoms with Gasteiger partial charge in [-0.15, -0.1) is 16.9 Å². The number of nitrogens with one attached hydrogen (secondary N) is 1. The van der Waals surface area contributed by atoms with Gasteiger partial charge in [0.15, 0.2) is 5.82 Å². The Kier molecular flexibility index (Phi) is 5.45. The third kappa shape index (κ3) is 5.19. The second kappa shape index (κ2) is 7.11. The molecule has 0 unspecified atom stereocenters. The van der Waals surface area contributed by atoms with Crippen molar-refractivity contribution in [1.29, 1.82) is 0 Å². The van der Waals surface area contributed by atoms with Gasteiger partial charge in [-0.25, -0.2) is 0 Å². The predicted molar refractivity (Wildman–Crippen MR) is 87.6 cm³/mol. The molecule has 0 spiro atoms. The summed E-state index contributed by atoms with van der Waals surface area (Å²) in [5.74, 6) is 1.53. The molecule has 0 radical (unpaired) electrons. The molecule has 0 bridgehead atoms. The highest BCUT2D eigenvalue weighted by Crippen LogP contribution is 2.24. The van der Waals surface area contributed by atoms with Crippen LogP contribution in [0.25, 0.3) is 0 Å². The van der Waals surface area contributed by atoms with Gasteiger partial charge in [-0.2, -0.15) is 5.10 Å². The molecule has 1 amide bonds. The van der Waals surface area contributed by atoms with Crippen LogP contribution in [-0.2, 0) is 4.79 Å². The number of nitrogens with zero attached hydrogens (tertiary/aromatic N) is 3. The zero-order chi connectivity index (χ0) is 15.3. The van der Waals surface area contributed by atoms with Gasteiger partial charge in [-0.3, -0.25) is 4.79 Å². The molecule has 21 heavy (non-hydrogen) atoms. The normalized spacial score (nSPS) is 18.8. The van der Waals surface area contributed by atoms with Crippen molar-refractivity contribution in [2.75, 3.05) is 23.7 Å². The zero-order valence-electron chi connectivity index (χ0n) is 13.0. The Hall–Kier alpha value is -1.30. The predicted octanol–water partition coefficient (Wildman–Crippen LogP) is 2.09. The fraction of sp³-hybridized carbons (Fsp3) is 0.667. The Bertz CT molecular complexity index is 460. The Balaban J connectivity index is 1.81. The summed E-state index contributed by atoms with van der Waals surface area (Å²) in [6.45, 7) is 8.03. The van der Waals surface area contributed by atoms with Crippen LogP contribution in [0.3, 0.4) is 0 Å². The van der Waals surface area contributed by atoms with Crippen molar-refractivity contribution in [2.24, 2.45) is 0 Å². The lowest BCUT2D eigenvalue weighted by Crippen LogP contribution is -2.41. The largest absolute Gasteiger partial charge is 0.353 e. The topological polar surface area (TPSA) is 58.1 Å². The molecule has 1 N–H and O–H groups in total. The lowest BCUT2D eigenvalue weighted by molar-refractivity contribution is -0.118. The molecule has 1 fully saturated rings. The molecule has 1 atom stereocenters. The molecule has 2 heterocycles. The van der Waals surface area contributed by atoms with Crippen LogP contribution in [0.4, 0.5) is 5.82 Å². The van der Waals surface area contributed by atoms with E-state index in [0.29, 0.717) is 18.3 Å². The monoisotopic (exact) mass is 308 g/mol. The van der Waals surface area contributed by atoms with Crippen molar-refractivity contribution >= 4 is 23.5 Å². The number of hydrogen-bond donors (Lipinski definition) is 1. The summed E-state index contributed by atoms with van der Waals surface area (Å²) >= 11 is 1.67. The molecule has 1 aromatic rings. The lowest BCUT2D eigenvalue weighted by Gasteiger charge is -2.25. The zero-order valence-corrected chi connectivity index (χ0v) is 13.8. The molecule has 1 aromatic heterocycles. The Labute approximate surface area is 130 Å². The first kappa shape index (κ1) is 16.1. The average molecular weight is 308 g/mol. The lowest BCUT2D eigenvalue weighted by atomic mass is 10.2. The molecule has 116 valence electrons. The first-order valence-electron chi connectivity index (χ1n) is 7.41. The number of carbonyl (C=O) groups is 1. The van der Waals surface area contributed by atoms with Crippen LogP contribution in [0.1, 0.15) is 33.6 Å². The van der Waals surface area contributed by atoms with E-state index in [1.54, 1.807) is 18.0 Å². The van der Waals surface area contributed by atoms with E-state index in [9.17, 15) is 4.79 Å². The first-order chi connectivity index (χ1) is 9.96. The summed E-state index contributed by atoms with van der Waals surface area (Å²) in [4.78, 5) is 14.2. The number of amides is 1. The van der Waals surface area contributed by atoms with Gasteiger partial charge in [0.1, 0.15) is 0 Å². The minimum Gasteiger partial charge on any atom is -0.353 e. The quantitative estimate of drug-likeness (QED) is 0.902. The van der Waals surface area contributed by atoms with E-state index in [1.807, 2.05) is 12.1 Å². The van der Waals surface area contributed by atoms with Gasteiger partial charge in [-0.05, 0) is 25.0 Å². The Morgan fingerprint density at radius 3 is 3.00 bits per heavy atom. The van der Waals surface area contributed by atoms with Crippen LogP contribution in [0.2, 0.25) is 0 Å². The maximum Gasteiger partial charge on any atom is 0.230 e. The first-order valence-corrected chi connectivity index (χ1v) is 8.39. The second-order valence-corrected chi connectivity index (χ2v) is 8.08. The standard InChI is InChI=1S/C15H24N4OS/c1-15(2,3)21-11-14(20)16-10-12-6-5-9-19(12)13-7-4-8-17-18-13/h4,7-8,12H,5-6,9-11H2,1-3H3,(H,16,20)/t12-/m0/s1. The van der Waals surface area contributed by atoms with Crippen molar-refractivity contribution in [2.45, 2.75) is 44.4 Å². The van der Waals surface area contributed by atoms with E-state index in [-0.39, 0.29) is 10.7 Å². The third-order valence-electron chi connectivity index (χ3n) is 3.40. The van der Waals surface area contributed by atoms with Crippen molar-refractivity contribution in [3.8, 4) is 0 Å². The Morgan fingerprint density at radius 2 is 2.33 bits per heavy atom. The summed E-state index contributed by atoms with van der Waals surface area (Å²) < 4.78 is 0.121. The smallest absolute Gasteiger partial charge is 0.230 e. The van der Waals surface area contributed by atoms with Gasteiger partial charge in [0.2, 0.25) is 5.91 Å². The molecule has 2 rings (SSSR count). The van der Waals surface area contributed by atoms with Crippen molar-refractivity contribution in [3.63, 3.8) is 0 Å². The summed E-state index contributed by atoms with van der Waals surface area (Å²) in [6.07, 6.45) is 3.90. The van der Waals surface area contributed by atoms with E-state index in [4.69, 9.17) is 0 Å². The minimum atomic E-state index is 0.112. The number of thioether (sulfide) groups is 1. The summed E-state index contributed by atoms with van der Waals surface area (Å²) in [5.41, 5.74) is 0. The van der Waals surface area contributed by atoms with E-state index < -0.39 is 0 Å². The summed E-state index contributed by atoms with van der Waals surface area (Å²) in [5, 5.41) is 11.1. The van der Waals surface area contributed by atoms with Gasteiger partial charge in [0, 0.05) is 30.1 Å². The fourth-order valence-corrected chi connectivity index (χ4v) is 3.03. The van der Waals surface area contributed by atoms with Crippen molar-refractivity contribution in [1.82, 2.24) is 15.5 Å². The van der Waals surface area contributed by atoms with Gasteiger partial charge >= 0.3 is 0 Å². The maximum absolute atomic E-state index is 11.9. The van der Waals surface area contributed by atoms with E-state index in [2.05, 4.69) is 41.2 Å². The number of anilines is 1. The van der Waals surface area contributed by atoms with Crippen molar-refractivity contribution in [3.05, 3.63) is 18.3 Å². The number of carbonyl (C=O) groups excluding carboxylic acids is 1.